The van der Waals surface area contributed by atoms with Crippen LogP contribution >= 0.6 is 23.2 Å². The summed E-state index contributed by atoms with van der Waals surface area (Å²) in [7, 11) is 0. The number of benzene rings is 1. The molecule has 2 nitrogen and oxygen atoms in total. The average Bonchev–Trinajstić information content (AvgIpc) is 3.12. The van der Waals surface area contributed by atoms with Crippen LogP contribution in [0.3, 0.4) is 0 Å². The van der Waals surface area contributed by atoms with Gasteiger partial charge in [0.2, 0.25) is 0 Å². The van der Waals surface area contributed by atoms with E-state index >= 15 is 0 Å². The van der Waals surface area contributed by atoms with Crippen LogP contribution in [0.4, 0.5) is 0 Å². The lowest BCUT2D eigenvalue weighted by Crippen LogP contribution is -1.97. The van der Waals surface area contributed by atoms with Crippen LogP contribution in [-0.4, -0.2) is 19.1 Å². The first-order valence-electron chi connectivity index (χ1n) is 5.94. The van der Waals surface area contributed by atoms with Crippen molar-refractivity contribution in [1.29, 1.82) is 0 Å². The molecule has 0 spiro atoms. The summed E-state index contributed by atoms with van der Waals surface area (Å²) >= 11 is 12.1. The van der Waals surface area contributed by atoms with Crippen molar-refractivity contribution in [2.45, 2.75) is 18.8 Å². The minimum atomic E-state index is 0.544. The summed E-state index contributed by atoms with van der Waals surface area (Å²) in [5.41, 5.74) is 1.23. The summed E-state index contributed by atoms with van der Waals surface area (Å²) in [6.07, 6.45) is 2.05. The van der Waals surface area contributed by atoms with Crippen molar-refractivity contribution in [3.8, 4) is 11.5 Å². The molecule has 1 aliphatic carbocycles. The fraction of sp³-hybridized carbons (Fsp3) is 0.538. The van der Waals surface area contributed by atoms with E-state index < -0.39 is 0 Å². The number of alkyl halides is 1. The van der Waals surface area contributed by atoms with Gasteiger partial charge >= 0.3 is 0 Å². The number of hydrogen-bond donors (Lipinski definition) is 0. The van der Waals surface area contributed by atoms with Gasteiger partial charge in [0.25, 0.3) is 0 Å². The fourth-order valence-electron chi connectivity index (χ4n) is 2.29. The molecule has 0 N–H and O–H groups in total. The zero-order valence-corrected chi connectivity index (χ0v) is 10.9. The van der Waals surface area contributed by atoms with Gasteiger partial charge in [-0.2, -0.15) is 0 Å². The highest BCUT2D eigenvalue weighted by Crippen LogP contribution is 2.51. The van der Waals surface area contributed by atoms with E-state index in [4.69, 9.17) is 32.7 Å². The number of hydrogen-bond acceptors (Lipinski definition) is 2. The van der Waals surface area contributed by atoms with Gasteiger partial charge in [0, 0.05) is 12.3 Å². The van der Waals surface area contributed by atoms with Gasteiger partial charge in [-0.25, -0.2) is 0 Å². The second kappa shape index (κ2) is 4.58. The van der Waals surface area contributed by atoms with Gasteiger partial charge in [0.15, 0.2) is 11.5 Å². The van der Waals surface area contributed by atoms with Crippen molar-refractivity contribution in [2.75, 3.05) is 19.1 Å². The van der Waals surface area contributed by atoms with Gasteiger partial charge in [-0.15, -0.1) is 11.6 Å². The molecule has 0 radical (unpaired) electrons. The maximum absolute atomic E-state index is 6.24. The Morgan fingerprint density at radius 1 is 1.24 bits per heavy atom. The van der Waals surface area contributed by atoms with Crippen molar-refractivity contribution >= 4 is 23.2 Å². The number of ether oxygens (including phenoxy) is 2. The summed E-state index contributed by atoms with van der Waals surface area (Å²) in [4.78, 5) is 0. The fourth-order valence-corrected chi connectivity index (χ4v) is 2.91. The summed E-state index contributed by atoms with van der Waals surface area (Å²) < 4.78 is 11.3. The lowest BCUT2D eigenvalue weighted by Gasteiger charge is -2.11. The average molecular weight is 273 g/mol. The van der Waals surface area contributed by atoms with E-state index in [1.54, 1.807) is 0 Å². The number of halogens is 2. The quantitative estimate of drug-likeness (QED) is 0.762. The molecule has 0 amide bonds. The van der Waals surface area contributed by atoms with E-state index in [0.717, 1.165) is 24.5 Å². The molecule has 1 fully saturated rings. The molecule has 17 heavy (non-hydrogen) atoms. The van der Waals surface area contributed by atoms with Gasteiger partial charge < -0.3 is 9.47 Å². The smallest absolute Gasteiger partial charge is 0.179 e. The minimum absolute atomic E-state index is 0.544. The van der Waals surface area contributed by atoms with Gasteiger partial charge in [0.1, 0.15) is 0 Å². The lowest BCUT2D eigenvalue weighted by molar-refractivity contribution is 0.297. The largest absolute Gasteiger partial charge is 0.489 e. The molecule has 3 rings (SSSR count). The highest BCUT2D eigenvalue weighted by atomic mass is 35.5. The van der Waals surface area contributed by atoms with Crippen molar-refractivity contribution in [3.05, 3.63) is 22.7 Å². The maximum atomic E-state index is 6.24. The molecule has 4 heteroatoms. The van der Waals surface area contributed by atoms with Crippen LogP contribution in [0.2, 0.25) is 5.02 Å². The third-order valence-corrected chi connectivity index (χ3v) is 4.05. The second-order valence-corrected chi connectivity index (χ2v) is 5.35. The number of fused-ring (bicyclic) bond motifs is 1. The first kappa shape index (κ1) is 11.5. The van der Waals surface area contributed by atoms with Gasteiger partial charge in [-0.05, 0) is 36.0 Å². The van der Waals surface area contributed by atoms with E-state index in [0.29, 0.717) is 35.8 Å². The second-order valence-electron chi connectivity index (χ2n) is 4.64. The molecule has 0 saturated heterocycles. The number of rotatable bonds is 2. The van der Waals surface area contributed by atoms with Crippen molar-refractivity contribution in [3.63, 3.8) is 0 Å². The first-order valence-corrected chi connectivity index (χ1v) is 6.86. The molecule has 1 aromatic rings. The molecule has 1 aliphatic heterocycles. The van der Waals surface area contributed by atoms with E-state index in [-0.39, 0.29) is 0 Å². The topological polar surface area (TPSA) is 18.5 Å². The van der Waals surface area contributed by atoms with E-state index in [2.05, 4.69) is 6.07 Å². The third kappa shape index (κ3) is 2.21. The van der Waals surface area contributed by atoms with E-state index in [1.165, 1.54) is 5.56 Å². The standard InChI is InChI=1S/C13H14Cl2O2/c14-7-9-4-10(9)8-5-11(15)13-12(6-8)16-2-1-3-17-13/h5-6,9-10H,1-4,7H2. The zero-order valence-electron chi connectivity index (χ0n) is 9.42. The molecule has 1 saturated carbocycles. The van der Waals surface area contributed by atoms with Crippen molar-refractivity contribution < 1.29 is 9.47 Å². The summed E-state index contributed by atoms with van der Waals surface area (Å²) in [5, 5.41) is 0.652. The molecule has 0 aromatic heterocycles. The predicted molar refractivity (Wildman–Crippen MR) is 68.6 cm³/mol. The molecule has 1 heterocycles. The Labute approximate surface area is 111 Å². The Kier molecular flexibility index (Phi) is 3.10. The molecule has 1 aromatic carbocycles. The molecule has 92 valence electrons. The molecule has 2 aliphatic rings. The minimum Gasteiger partial charge on any atom is -0.489 e. The van der Waals surface area contributed by atoms with Crippen molar-refractivity contribution in [2.24, 2.45) is 5.92 Å². The van der Waals surface area contributed by atoms with Crippen molar-refractivity contribution in [1.82, 2.24) is 0 Å². The van der Waals surface area contributed by atoms with Gasteiger partial charge in [-0.1, -0.05) is 11.6 Å². The van der Waals surface area contributed by atoms with Crippen LogP contribution in [0, 0.1) is 5.92 Å². The van der Waals surface area contributed by atoms with Crippen LogP contribution in [0.25, 0.3) is 0 Å². The van der Waals surface area contributed by atoms with E-state index in [9.17, 15) is 0 Å². The highest BCUT2D eigenvalue weighted by molar-refractivity contribution is 6.32. The Morgan fingerprint density at radius 2 is 2.06 bits per heavy atom. The lowest BCUT2D eigenvalue weighted by atomic mass is 10.1. The van der Waals surface area contributed by atoms with Crippen LogP contribution in [0.5, 0.6) is 11.5 Å². The Morgan fingerprint density at radius 3 is 2.82 bits per heavy atom. The molecule has 2 unspecified atom stereocenters. The first-order chi connectivity index (χ1) is 8.29. The Bertz CT molecular complexity index is 434. The summed E-state index contributed by atoms with van der Waals surface area (Å²) in [6.45, 7) is 1.36. The predicted octanol–water partition coefficient (Wildman–Crippen LogP) is 3.84. The van der Waals surface area contributed by atoms with Crippen LogP contribution in [-0.2, 0) is 0 Å². The molecular weight excluding hydrogens is 259 g/mol. The van der Waals surface area contributed by atoms with Crippen LogP contribution in [0.15, 0.2) is 12.1 Å². The normalized spacial score (nSPS) is 26.5. The van der Waals surface area contributed by atoms with Crippen LogP contribution in [0.1, 0.15) is 24.3 Å². The Balaban J connectivity index is 1.92. The van der Waals surface area contributed by atoms with Crippen LogP contribution < -0.4 is 9.47 Å². The molecule has 0 bridgehead atoms. The zero-order chi connectivity index (χ0) is 11.8. The molecule has 2 atom stereocenters. The summed E-state index contributed by atoms with van der Waals surface area (Å²) in [5.74, 6) is 3.33. The molecular formula is C13H14Cl2O2. The summed E-state index contributed by atoms with van der Waals surface area (Å²) in [6, 6.07) is 4.05. The third-order valence-electron chi connectivity index (χ3n) is 3.37. The SMILES string of the molecule is ClCC1CC1c1cc(Cl)c2c(c1)OCCCO2. The van der Waals surface area contributed by atoms with E-state index in [1.807, 2.05) is 6.07 Å². The Hall–Kier alpha value is -0.600. The monoisotopic (exact) mass is 272 g/mol. The van der Waals surface area contributed by atoms with Gasteiger partial charge in [-0.3, -0.25) is 0 Å². The van der Waals surface area contributed by atoms with Gasteiger partial charge in [0.05, 0.1) is 18.2 Å². The maximum Gasteiger partial charge on any atom is 0.179 e. The highest BCUT2D eigenvalue weighted by Gasteiger charge is 2.38.